The predicted molar refractivity (Wildman–Crippen MR) is 123 cm³/mol. The SMILES string of the molecule is CCN(CC)c1ccc(NCC(=O)Nc2ccc(N3CCN(C)CC3)cc2)cc1. The van der Waals surface area contributed by atoms with Gasteiger partial charge in [-0.1, -0.05) is 0 Å². The molecule has 3 rings (SSSR count). The van der Waals surface area contributed by atoms with Crippen molar-refractivity contribution in [1.82, 2.24) is 4.90 Å². The second-order valence-electron chi connectivity index (χ2n) is 7.46. The minimum Gasteiger partial charge on any atom is -0.376 e. The summed E-state index contributed by atoms with van der Waals surface area (Å²) >= 11 is 0. The van der Waals surface area contributed by atoms with Gasteiger partial charge in [0.15, 0.2) is 0 Å². The summed E-state index contributed by atoms with van der Waals surface area (Å²) in [4.78, 5) is 19.3. The van der Waals surface area contributed by atoms with Crippen LogP contribution in [0, 0.1) is 0 Å². The number of likely N-dealkylation sites (N-methyl/N-ethyl adjacent to an activating group) is 1. The number of anilines is 4. The molecule has 0 bridgehead atoms. The molecule has 6 heteroatoms. The Balaban J connectivity index is 1.47. The van der Waals surface area contributed by atoms with Gasteiger partial charge in [0.2, 0.25) is 5.91 Å². The van der Waals surface area contributed by atoms with Crippen molar-refractivity contribution in [3.05, 3.63) is 48.5 Å². The number of amides is 1. The van der Waals surface area contributed by atoms with Crippen LogP contribution in [0.25, 0.3) is 0 Å². The molecule has 0 saturated carbocycles. The van der Waals surface area contributed by atoms with Crippen molar-refractivity contribution in [2.24, 2.45) is 0 Å². The van der Waals surface area contributed by atoms with Gasteiger partial charge in [0.1, 0.15) is 0 Å². The number of carbonyl (C=O) groups is 1. The van der Waals surface area contributed by atoms with Gasteiger partial charge in [-0.2, -0.15) is 0 Å². The monoisotopic (exact) mass is 395 g/mol. The molecule has 2 aromatic carbocycles. The topological polar surface area (TPSA) is 50.9 Å². The lowest BCUT2D eigenvalue weighted by Gasteiger charge is -2.34. The Kier molecular flexibility index (Phi) is 7.36. The fourth-order valence-corrected chi connectivity index (χ4v) is 3.59. The summed E-state index contributed by atoms with van der Waals surface area (Å²) in [5, 5.41) is 6.15. The molecule has 0 aliphatic carbocycles. The van der Waals surface area contributed by atoms with Gasteiger partial charge in [-0.3, -0.25) is 4.79 Å². The van der Waals surface area contributed by atoms with E-state index in [9.17, 15) is 4.79 Å². The van der Waals surface area contributed by atoms with E-state index in [2.05, 4.69) is 70.5 Å². The third-order valence-corrected chi connectivity index (χ3v) is 5.47. The van der Waals surface area contributed by atoms with Gasteiger partial charge in [0.25, 0.3) is 0 Å². The highest BCUT2D eigenvalue weighted by molar-refractivity contribution is 5.93. The van der Waals surface area contributed by atoms with Crippen molar-refractivity contribution in [2.45, 2.75) is 13.8 Å². The van der Waals surface area contributed by atoms with Crippen molar-refractivity contribution >= 4 is 28.7 Å². The molecule has 1 fully saturated rings. The molecule has 0 atom stereocenters. The Hall–Kier alpha value is -2.73. The number of carbonyl (C=O) groups excluding carboxylic acids is 1. The van der Waals surface area contributed by atoms with Gasteiger partial charge < -0.3 is 25.3 Å². The third kappa shape index (κ3) is 5.87. The van der Waals surface area contributed by atoms with Gasteiger partial charge in [0, 0.05) is 62.0 Å². The largest absolute Gasteiger partial charge is 0.376 e. The van der Waals surface area contributed by atoms with Crippen LogP contribution in [0.3, 0.4) is 0 Å². The number of piperazine rings is 1. The lowest BCUT2D eigenvalue weighted by Crippen LogP contribution is -2.44. The lowest BCUT2D eigenvalue weighted by molar-refractivity contribution is -0.114. The Morgan fingerprint density at radius 3 is 2.07 bits per heavy atom. The first-order valence-electron chi connectivity index (χ1n) is 10.5. The molecular formula is C23H33N5O. The van der Waals surface area contributed by atoms with Gasteiger partial charge in [-0.15, -0.1) is 0 Å². The molecular weight excluding hydrogens is 362 g/mol. The fourth-order valence-electron chi connectivity index (χ4n) is 3.59. The van der Waals surface area contributed by atoms with Crippen LogP contribution in [0.4, 0.5) is 22.7 Å². The number of hydrogen-bond acceptors (Lipinski definition) is 5. The smallest absolute Gasteiger partial charge is 0.243 e. The van der Waals surface area contributed by atoms with E-state index in [0.717, 1.165) is 50.6 Å². The van der Waals surface area contributed by atoms with Crippen molar-refractivity contribution in [3.8, 4) is 0 Å². The van der Waals surface area contributed by atoms with E-state index >= 15 is 0 Å². The van der Waals surface area contributed by atoms with Crippen LogP contribution in [0.15, 0.2) is 48.5 Å². The zero-order chi connectivity index (χ0) is 20.6. The first kappa shape index (κ1) is 21.0. The number of nitrogens with zero attached hydrogens (tertiary/aromatic N) is 3. The molecule has 1 aliphatic rings. The van der Waals surface area contributed by atoms with Crippen LogP contribution in [0.2, 0.25) is 0 Å². The Morgan fingerprint density at radius 1 is 0.897 bits per heavy atom. The predicted octanol–water partition coefficient (Wildman–Crippen LogP) is 3.34. The first-order chi connectivity index (χ1) is 14.1. The lowest BCUT2D eigenvalue weighted by atomic mass is 10.2. The second-order valence-corrected chi connectivity index (χ2v) is 7.46. The summed E-state index contributed by atoms with van der Waals surface area (Å²) in [6.45, 7) is 10.8. The molecule has 29 heavy (non-hydrogen) atoms. The average molecular weight is 396 g/mol. The van der Waals surface area contributed by atoms with Crippen molar-refractivity contribution in [3.63, 3.8) is 0 Å². The number of hydrogen-bond donors (Lipinski definition) is 2. The minimum atomic E-state index is -0.0508. The van der Waals surface area contributed by atoms with Crippen molar-refractivity contribution in [2.75, 3.05) is 73.3 Å². The normalized spacial score (nSPS) is 14.5. The molecule has 156 valence electrons. The second kappa shape index (κ2) is 10.2. The Bertz CT molecular complexity index is 763. The minimum absolute atomic E-state index is 0.0508. The summed E-state index contributed by atoms with van der Waals surface area (Å²) in [5.41, 5.74) is 4.18. The van der Waals surface area contributed by atoms with E-state index in [-0.39, 0.29) is 12.5 Å². The van der Waals surface area contributed by atoms with E-state index in [0.29, 0.717) is 0 Å². The quantitative estimate of drug-likeness (QED) is 0.718. The zero-order valence-electron chi connectivity index (χ0n) is 17.8. The molecule has 1 heterocycles. The molecule has 0 spiro atoms. The van der Waals surface area contributed by atoms with Crippen LogP contribution in [-0.2, 0) is 4.79 Å². The fraction of sp³-hybridized carbons (Fsp3) is 0.435. The van der Waals surface area contributed by atoms with E-state index in [1.165, 1.54) is 11.4 Å². The van der Waals surface area contributed by atoms with Gasteiger partial charge in [0.05, 0.1) is 6.54 Å². The number of rotatable bonds is 8. The molecule has 2 N–H and O–H groups in total. The van der Waals surface area contributed by atoms with Crippen molar-refractivity contribution in [1.29, 1.82) is 0 Å². The third-order valence-electron chi connectivity index (χ3n) is 5.47. The summed E-state index contributed by atoms with van der Waals surface area (Å²) < 4.78 is 0. The number of benzene rings is 2. The summed E-state index contributed by atoms with van der Waals surface area (Å²) in [6.07, 6.45) is 0. The Morgan fingerprint density at radius 2 is 1.48 bits per heavy atom. The molecule has 2 aromatic rings. The van der Waals surface area contributed by atoms with Gasteiger partial charge in [-0.25, -0.2) is 0 Å². The Labute approximate surface area is 174 Å². The average Bonchev–Trinajstić information content (AvgIpc) is 2.75. The maximum atomic E-state index is 12.3. The molecule has 1 aliphatic heterocycles. The maximum absolute atomic E-state index is 12.3. The van der Waals surface area contributed by atoms with Crippen LogP contribution >= 0.6 is 0 Å². The summed E-state index contributed by atoms with van der Waals surface area (Å²) in [5.74, 6) is -0.0508. The summed E-state index contributed by atoms with van der Waals surface area (Å²) in [6, 6.07) is 16.3. The van der Waals surface area contributed by atoms with Gasteiger partial charge in [-0.05, 0) is 69.4 Å². The highest BCUT2D eigenvalue weighted by Crippen LogP contribution is 2.20. The van der Waals surface area contributed by atoms with Crippen LogP contribution < -0.4 is 20.4 Å². The highest BCUT2D eigenvalue weighted by atomic mass is 16.1. The van der Waals surface area contributed by atoms with E-state index in [1.54, 1.807) is 0 Å². The first-order valence-corrected chi connectivity index (χ1v) is 10.5. The zero-order valence-corrected chi connectivity index (χ0v) is 17.8. The maximum Gasteiger partial charge on any atom is 0.243 e. The van der Waals surface area contributed by atoms with E-state index in [1.807, 2.05) is 24.3 Å². The molecule has 1 amide bonds. The van der Waals surface area contributed by atoms with Crippen LogP contribution in [0.1, 0.15) is 13.8 Å². The summed E-state index contributed by atoms with van der Waals surface area (Å²) in [7, 11) is 2.16. The standard InChI is InChI=1S/C23H33N5O/c1-4-27(5-2)21-10-6-19(7-11-21)24-18-23(29)25-20-8-12-22(13-9-20)28-16-14-26(3)15-17-28/h6-13,24H,4-5,14-18H2,1-3H3,(H,25,29). The van der Waals surface area contributed by atoms with Crippen LogP contribution in [-0.4, -0.2) is 63.7 Å². The van der Waals surface area contributed by atoms with E-state index < -0.39 is 0 Å². The molecule has 0 aromatic heterocycles. The van der Waals surface area contributed by atoms with Crippen molar-refractivity contribution < 1.29 is 4.79 Å². The number of nitrogens with one attached hydrogen (secondary N) is 2. The van der Waals surface area contributed by atoms with Gasteiger partial charge >= 0.3 is 0 Å². The molecule has 6 nitrogen and oxygen atoms in total. The van der Waals surface area contributed by atoms with E-state index in [4.69, 9.17) is 0 Å². The molecule has 0 radical (unpaired) electrons. The molecule has 0 unspecified atom stereocenters. The van der Waals surface area contributed by atoms with Crippen LogP contribution in [0.5, 0.6) is 0 Å². The molecule has 1 saturated heterocycles. The highest BCUT2D eigenvalue weighted by Gasteiger charge is 2.14.